The Morgan fingerprint density at radius 3 is 3.00 bits per heavy atom. The molecule has 0 bridgehead atoms. The molecule has 2 aliphatic heterocycles. The molecule has 6 nitrogen and oxygen atoms in total. The predicted molar refractivity (Wildman–Crippen MR) is 70.5 cm³/mol. The van der Waals surface area contributed by atoms with Crippen molar-refractivity contribution in [3.8, 4) is 0 Å². The number of rotatable bonds is 2. The second-order valence-electron chi connectivity index (χ2n) is 5.51. The third-order valence-corrected chi connectivity index (χ3v) is 4.42. The topological polar surface area (TPSA) is 64.8 Å². The molecular weight excluding hydrogens is 260 g/mol. The van der Waals surface area contributed by atoms with Gasteiger partial charge in [0.2, 0.25) is 5.76 Å². The normalized spacial score (nSPS) is 30.1. The van der Waals surface area contributed by atoms with Crippen molar-refractivity contribution in [1.82, 2.24) is 9.88 Å². The third kappa shape index (κ3) is 2.13. The van der Waals surface area contributed by atoms with Crippen molar-refractivity contribution in [2.24, 2.45) is 0 Å². The predicted octanol–water partition coefficient (Wildman–Crippen LogP) is 1.39. The number of hydrogen-bond donors (Lipinski definition) is 0. The summed E-state index contributed by atoms with van der Waals surface area (Å²) in [6.45, 7) is 3.76. The van der Waals surface area contributed by atoms with E-state index in [0.29, 0.717) is 24.5 Å². The largest absolute Gasteiger partial charge is 0.438 e. The molecule has 0 N–H and O–H groups in total. The molecule has 110 valence electrons. The Morgan fingerprint density at radius 2 is 2.40 bits per heavy atom. The van der Waals surface area contributed by atoms with E-state index in [0.717, 1.165) is 25.9 Å². The molecule has 1 spiro atoms. The number of likely N-dealkylation sites (tertiary alicyclic amines) is 1. The van der Waals surface area contributed by atoms with Crippen LogP contribution in [0.2, 0.25) is 0 Å². The molecule has 2 fully saturated rings. The van der Waals surface area contributed by atoms with E-state index in [1.807, 2.05) is 0 Å². The molecule has 2 aliphatic rings. The van der Waals surface area contributed by atoms with Gasteiger partial charge >= 0.3 is 0 Å². The molecule has 0 aliphatic carbocycles. The Labute approximate surface area is 118 Å². The molecule has 3 rings (SSSR count). The maximum atomic E-state index is 12.4. The van der Waals surface area contributed by atoms with Crippen LogP contribution in [0, 0.1) is 6.92 Å². The summed E-state index contributed by atoms with van der Waals surface area (Å²) >= 11 is 0. The first kappa shape index (κ1) is 13.6. The number of hydrogen-bond acceptors (Lipinski definition) is 5. The van der Waals surface area contributed by atoms with Crippen molar-refractivity contribution < 1.29 is 18.7 Å². The molecule has 0 radical (unpaired) electrons. The zero-order valence-electron chi connectivity index (χ0n) is 11.9. The van der Waals surface area contributed by atoms with Crippen LogP contribution < -0.4 is 0 Å². The van der Waals surface area contributed by atoms with E-state index in [9.17, 15) is 4.79 Å². The van der Waals surface area contributed by atoms with Crippen molar-refractivity contribution in [2.45, 2.75) is 37.9 Å². The highest BCUT2D eigenvalue weighted by atomic mass is 16.5. The number of carbonyl (C=O) groups is 1. The second kappa shape index (κ2) is 5.18. The average molecular weight is 280 g/mol. The summed E-state index contributed by atoms with van der Waals surface area (Å²) in [7, 11) is 1.68. The summed E-state index contributed by atoms with van der Waals surface area (Å²) < 4.78 is 16.7. The summed E-state index contributed by atoms with van der Waals surface area (Å²) in [4.78, 5) is 18.2. The van der Waals surface area contributed by atoms with Crippen LogP contribution in [0.1, 0.15) is 35.5 Å². The van der Waals surface area contributed by atoms with Crippen LogP contribution in [-0.4, -0.2) is 54.3 Å². The molecular formula is C14H20N2O4. The number of methoxy groups -OCH3 is 1. The fourth-order valence-corrected chi connectivity index (χ4v) is 3.24. The third-order valence-electron chi connectivity index (χ3n) is 4.42. The molecule has 1 aromatic rings. The first-order valence-corrected chi connectivity index (χ1v) is 7.02. The van der Waals surface area contributed by atoms with Gasteiger partial charge in [-0.1, -0.05) is 0 Å². The van der Waals surface area contributed by atoms with Gasteiger partial charge in [0.25, 0.3) is 5.91 Å². The molecule has 1 amide bonds. The van der Waals surface area contributed by atoms with E-state index >= 15 is 0 Å². The summed E-state index contributed by atoms with van der Waals surface area (Å²) in [5.41, 5.74) is 0.420. The van der Waals surface area contributed by atoms with Gasteiger partial charge in [-0.25, -0.2) is 4.98 Å². The van der Waals surface area contributed by atoms with Crippen molar-refractivity contribution in [2.75, 3.05) is 26.8 Å². The van der Waals surface area contributed by atoms with E-state index in [2.05, 4.69) is 4.98 Å². The van der Waals surface area contributed by atoms with Crippen LogP contribution in [0.15, 0.2) is 10.8 Å². The second-order valence-corrected chi connectivity index (χ2v) is 5.51. The van der Waals surface area contributed by atoms with E-state index in [-0.39, 0.29) is 17.6 Å². The first-order chi connectivity index (χ1) is 9.66. The van der Waals surface area contributed by atoms with Gasteiger partial charge in [-0.3, -0.25) is 4.79 Å². The Bertz CT molecular complexity index is 493. The molecule has 2 atom stereocenters. The Balaban J connectivity index is 1.75. The highest BCUT2D eigenvalue weighted by Crippen LogP contribution is 2.37. The van der Waals surface area contributed by atoms with Gasteiger partial charge in [0.1, 0.15) is 6.10 Å². The summed E-state index contributed by atoms with van der Waals surface area (Å²) in [5, 5.41) is 0. The van der Waals surface area contributed by atoms with Crippen molar-refractivity contribution >= 4 is 5.91 Å². The number of piperidine rings is 1. The standard InChI is InChI=1S/C14H20N2O4/c1-10-12(19-9-15-10)13(17)16-6-5-14(4-3-7-20-14)11(8-16)18-2/h9,11H,3-8H2,1-2H3/t11-,14-/m0/s1. The van der Waals surface area contributed by atoms with Gasteiger partial charge in [0.05, 0.1) is 17.8 Å². The monoisotopic (exact) mass is 280 g/mol. The van der Waals surface area contributed by atoms with E-state index < -0.39 is 0 Å². The highest BCUT2D eigenvalue weighted by Gasteiger charge is 2.47. The quantitative estimate of drug-likeness (QED) is 0.819. The minimum Gasteiger partial charge on any atom is -0.438 e. The lowest BCUT2D eigenvalue weighted by Crippen LogP contribution is -2.57. The lowest BCUT2D eigenvalue weighted by molar-refractivity contribution is -0.136. The van der Waals surface area contributed by atoms with Gasteiger partial charge in [-0.2, -0.15) is 0 Å². The molecule has 0 aromatic carbocycles. The van der Waals surface area contributed by atoms with Gasteiger partial charge in [0.15, 0.2) is 6.39 Å². The lowest BCUT2D eigenvalue weighted by Gasteiger charge is -2.44. The Kier molecular flexibility index (Phi) is 3.52. The molecule has 2 saturated heterocycles. The van der Waals surface area contributed by atoms with Gasteiger partial charge in [-0.05, 0) is 26.2 Å². The van der Waals surface area contributed by atoms with Crippen molar-refractivity contribution in [1.29, 1.82) is 0 Å². The summed E-state index contributed by atoms with van der Waals surface area (Å²) in [6, 6.07) is 0. The molecule has 1 aromatic heterocycles. The molecule has 3 heterocycles. The number of carbonyl (C=O) groups excluding carboxylic acids is 1. The Hall–Kier alpha value is -1.40. The van der Waals surface area contributed by atoms with Crippen LogP contribution in [0.3, 0.4) is 0 Å². The SMILES string of the molecule is CO[C@H]1CN(C(=O)c2ocnc2C)CC[C@@]12CCCO2. The van der Waals surface area contributed by atoms with Crippen LogP contribution in [0.4, 0.5) is 0 Å². The Morgan fingerprint density at radius 1 is 1.55 bits per heavy atom. The van der Waals surface area contributed by atoms with Crippen molar-refractivity contribution in [3.63, 3.8) is 0 Å². The van der Waals surface area contributed by atoms with Crippen molar-refractivity contribution in [3.05, 3.63) is 17.8 Å². The number of oxazole rings is 1. The maximum Gasteiger partial charge on any atom is 0.291 e. The van der Waals surface area contributed by atoms with E-state index in [1.165, 1.54) is 6.39 Å². The van der Waals surface area contributed by atoms with Crippen LogP contribution in [0.25, 0.3) is 0 Å². The van der Waals surface area contributed by atoms with Crippen LogP contribution in [-0.2, 0) is 9.47 Å². The van der Waals surface area contributed by atoms with Gasteiger partial charge < -0.3 is 18.8 Å². The van der Waals surface area contributed by atoms with Gasteiger partial charge in [-0.15, -0.1) is 0 Å². The molecule has 0 unspecified atom stereocenters. The number of nitrogens with zero attached hydrogens (tertiary/aromatic N) is 2. The number of ether oxygens (including phenoxy) is 2. The minimum atomic E-state index is -0.206. The number of aromatic nitrogens is 1. The van der Waals surface area contributed by atoms with Gasteiger partial charge in [0, 0.05) is 20.3 Å². The summed E-state index contributed by atoms with van der Waals surface area (Å²) in [6.07, 6.45) is 4.11. The fraction of sp³-hybridized carbons (Fsp3) is 0.714. The fourth-order valence-electron chi connectivity index (χ4n) is 3.24. The van der Waals surface area contributed by atoms with E-state index in [1.54, 1.807) is 18.9 Å². The highest BCUT2D eigenvalue weighted by molar-refractivity contribution is 5.92. The molecule has 20 heavy (non-hydrogen) atoms. The zero-order valence-corrected chi connectivity index (χ0v) is 11.9. The smallest absolute Gasteiger partial charge is 0.291 e. The van der Waals surface area contributed by atoms with Crippen LogP contribution in [0.5, 0.6) is 0 Å². The molecule has 6 heteroatoms. The lowest BCUT2D eigenvalue weighted by atomic mass is 9.85. The average Bonchev–Trinajstić information content (AvgIpc) is 3.08. The first-order valence-electron chi connectivity index (χ1n) is 7.02. The number of amides is 1. The zero-order chi connectivity index (χ0) is 14.2. The molecule has 0 saturated carbocycles. The maximum absolute atomic E-state index is 12.4. The van der Waals surface area contributed by atoms with Crippen LogP contribution >= 0.6 is 0 Å². The minimum absolute atomic E-state index is 0.0778. The summed E-state index contributed by atoms with van der Waals surface area (Å²) in [5.74, 6) is 0.207. The van der Waals surface area contributed by atoms with E-state index in [4.69, 9.17) is 13.9 Å². The number of aryl methyl sites for hydroxylation is 1.